The van der Waals surface area contributed by atoms with Gasteiger partial charge in [-0.1, -0.05) is 30.3 Å². The number of anilines is 1. The molecule has 164 valence electrons. The zero-order valence-electron chi connectivity index (χ0n) is 18.0. The predicted molar refractivity (Wildman–Crippen MR) is 123 cm³/mol. The Bertz CT molecular complexity index is 1070. The number of nitrogens with zero attached hydrogens (tertiary/aromatic N) is 3. The Morgan fingerprint density at radius 3 is 2.62 bits per heavy atom. The molecule has 8 nitrogen and oxygen atoms in total. The quantitative estimate of drug-likeness (QED) is 0.624. The third-order valence-corrected chi connectivity index (χ3v) is 5.24. The van der Waals surface area contributed by atoms with Crippen LogP contribution in [0.15, 0.2) is 78.1 Å². The zero-order valence-corrected chi connectivity index (χ0v) is 18.0. The molecule has 1 aromatic carbocycles. The summed E-state index contributed by atoms with van der Waals surface area (Å²) in [5, 5.41) is 14.0. The lowest BCUT2D eigenvalue weighted by Gasteiger charge is -2.20. The van der Waals surface area contributed by atoms with Gasteiger partial charge in [-0.15, -0.1) is 0 Å². The Morgan fingerprint density at radius 2 is 1.94 bits per heavy atom. The molecule has 8 heteroatoms. The highest BCUT2D eigenvalue weighted by Gasteiger charge is 2.21. The summed E-state index contributed by atoms with van der Waals surface area (Å²) < 4.78 is 5.95. The summed E-state index contributed by atoms with van der Waals surface area (Å²) in [7, 11) is 1.76. The van der Waals surface area contributed by atoms with Gasteiger partial charge in [0.1, 0.15) is 23.9 Å². The predicted octanol–water partition coefficient (Wildman–Crippen LogP) is 2.93. The Labute approximate surface area is 187 Å². The molecule has 32 heavy (non-hydrogen) atoms. The number of ether oxygens (including phenoxy) is 1. The van der Waals surface area contributed by atoms with E-state index in [4.69, 9.17) is 10.1 Å². The highest BCUT2D eigenvalue weighted by Crippen LogP contribution is 2.22. The van der Waals surface area contributed by atoms with E-state index in [1.54, 1.807) is 31.6 Å². The van der Waals surface area contributed by atoms with E-state index in [1.165, 1.54) is 6.20 Å². The van der Waals surface area contributed by atoms with E-state index in [2.05, 4.69) is 25.5 Å². The number of aromatic nitrogens is 2. The fourth-order valence-electron chi connectivity index (χ4n) is 3.56. The number of carbonyl (C=O) groups excluding carboxylic acids is 1. The van der Waals surface area contributed by atoms with Gasteiger partial charge in [-0.2, -0.15) is 0 Å². The smallest absolute Gasteiger partial charge is 0.275 e. The molecule has 2 heterocycles. The Balaban J connectivity index is 1.50. The second kappa shape index (κ2) is 9.91. The summed E-state index contributed by atoms with van der Waals surface area (Å²) in [5.41, 5.74) is 2.59. The lowest BCUT2D eigenvalue weighted by Crippen LogP contribution is -2.28. The van der Waals surface area contributed by atoms with Crippen LogP contribution in [0.5, 0.6) is 0 Å². The molecule has 1 saturated heterocycles. The topological polar surface area (TPSA) is 103 Å². The van der Waals surface area contributed by atoms with Crippen molar-refractivity contribution in [2.45, 2.75) is 19.4 Å². The molecule has 2 aliphatic rings. The summed E-state index contributed by atoms with van der Waals surface area (Å²) in [6, 6.07) is 9.73. The zero-order chi connectivity index (χ0) is 22.3. The van der Waals surface area contributed by atoms with E-state index in [0.29, 0.717) is 23.6 Å². The van der Waals surface area contributed by atoms with E-state index in [0.717, 1.165) is 37.3 Å². The van der Waals surface area contributed by atoms with Crippen molar-refractivity contribution in [3.63, 3.8) is 0 Å². The van der Waals surface area contributed by atoms with Crippen LogP contribution >= 0.6 is 0 Å². The number of rotatable bonds is 7. The summed E-state index contributed by atoms with van der Waals surface area (Å²) in [6.07, 6.45) is 10.4. The van der Waals surface area contributed by atoms with Crippen LogP contribution < -0.4 is 15.5 Å². The molecule has 0 radical (unpaired) electrons. The SMILES string of the molecule is CN/C=C1/C=C(NC(=O)c2cnc(N3CCCC3)cn2)C(OCc2ccccc2)=CC1=N. The van der Waals surface area contributed by atoms with E-state index in [9.17, 15) is 4.79 Å². The molecule has 2 aromatic rings. The minimum atomic E-state index is -0.386. The summed E-state index contributed by atoms with van der Waals surface area (Å²) in [4.78, 5) is 23.7. The van der Waals surface area contributed by atoms with E-state index >= 15 is 0 Å². The molecule has 0 spiro atoms. The molecule has 4 rings (SSSR count). The maximum atomic E-state index is 12.9. The number of allylic oxidation sites excluding steroid dienone is 3. The van der Waals surface area contributed by atoms with Crippen molar-refractivity contribution in [3.8, 4) is 0 Å². The van der Waals surface area contributed by atoms with Crippen molar-refractivity contribution < 1.29 is 9.53 Å². The Hall–Kier alpha value is -3.94. The molecule has 1 aliphatic carbocycles. The standard InChI is InChI=1S/C24H26N6O2/c1-26-13-18-11-20(22(12-19(18)25)32-16-17-7-3-2-4-8-17)29-24(31)21-14-28-23(15-27-21)30-9-5-6-10-30/h2-4,7-8,11-15,25-26H,5-6,9-10,16H2,1H3,(H,29,31)/b18-13-,25-19?. The van der Waals surface area contributed by atoms with Gasteiger partial charge in [0.15, 0.2) is 0 Å². The van der Waals surface area contributed by atoms with Crippen LogP contribution in [0.25, 0.3) is 0 Å². The fraction of sp³-hybridized carbons (Fsp3) is 0.250. The van der Waals surface area contributed by atoms with E-state index in [1.807, 2.05) is 30.3 Å². The highest BCUT2D eigenvalue weighted by atomic mass is 16.5. The van der Waals surface area contributed by atoms with Crippen molar-refractivity contribution in [2.75, 3.05) is 25.0 Å². The maximum absolute atomic E-state index is 12.9. The summed E-state index contributed by atoms with van der Waals surface area (Å²) >= 11 is 0. The number of amides is 1. The van der Waals surface area contributed by atoms with Crippen LogP contribution in [-0.4, -0.2) is 41.7 Å². The first-order valence-corrected chi connectivity index (χ1v) is 10.6. The van der Waals surface area contributed by atoms with Crippen LogP contribution in [-0.2, 0) is 11.3 Å². The number of hydrogen-bond acceptors (Lipinski definition) is 7. The normalized spacial score (nSPS) is 17.1. The van der Waals surface area contributed by atoms with Gasteiger partial charge >= 0.3 is 0 Å². The highest BCUT2D eigenvalue weighted by molar-refractivity contribution is 6.10. The molecule has 0 bridgehead atoms. The number of benzene rings is 1. The first kappa shape index (κ1) is 21.3. The summed E-state index contributed by atoms with van der Waals surface area (Å²) in [5.74, 6) is 0.820. The second-order valence-electron chi connectivity index (χ2n) is 7.55. The van der Waals surface area contributed by atoms with Gasteiger partial charge in [-0.05, 0) is 24.5 Å². The molecule has 0 saturated carbocycles. The fourth-order valence-corrected chi connectivity index (χ4v) is 3.56. The molecule has 3 N–H and O–H groups in total. The van der Waals surface area contributed by atoms with Gasteiger partial charge in [0.2, 0.25) is 0 Å². The van der Waals surface area contributed by atoms with E-state index in [-0.39, 0.29) is 17.3 Å². The Morgan fingerprint density at radius 1 is 1.16 bits per heavy atom. The van der Waals surface area contributed by atoms with Gasteiger partial charge < -0.3 is 25.7 Å². The van der Waals surface area contributed by atoms with Crippen molar-refractivity contribution >= 4 is 17.4 Å². The molecule has 0 unspecified atom stereocenters. The van der Waals surface area contributed by atoms with Crippen LogP contribution in [0.4, 0.5) is 5.82 Å². The molecule has 1 aliphatic heterocycles. The van der Waals surface area contributed by atoms with Crippen LogP contribution in [0.2, 0.25) is 0 Å². The van der Waals surface area contributed by atoms with Crippen molar-refractivity contribution in [3.05, 3.63) is 89.4 Å². The molecule has 1 aromatic heterocycles. The molecule has 1 fully saturated rings. The largest absolute Gasteiger partial charge is 0.487 e. The van der Waals surface area contributed by atoms with Gasteiger partial charge in [0.25, 0.3) is 5.91 Å². The molecule has 1 amide bonds. The average molecular weight is 431 g/mol. The lowest BCUT2D eigenvalue weighted by molar-refractivity contribution is 0.0954. The minimum absolute atomic E-state index is 0.219. The Kier molecular flexibility index (Phi) is 6.60. The maximum Gasteiger partial charge on any atom is 0.275 e. The third kappa shape index (κ3) is 5.03. The lowest BCUT2D eigenvalue weighted by atomic mass is 10.0. The van der Waals surface area contributed by atoms with Gasteiger partial charge in [0, 0.05) is 38.0 Å². The van der Waals surface area contributed by atoms with Crippen LogP contribution in [0, 0.1) is 5.41 Å². The third-order valence-electron chi connectivity index (χ3n) is 5.24. The van der Waals surface area contributed by atoms with Crippen molar-refractivity contribution in [1.29, 1.82) is 5.41 Å². The monoisotopic (exact) mass is 430 g/mol. The van der Waals surface area contributed by atoms with Crippen molar-refractivity contribution in [2.24, 2.45) is 0 Å². The minimum Gasteiger partial charge on any atom is -0.487 e. The van der Waals surface area contributed by atoms with Gasteiger partial charge in [0.05, 0.1) is 23.8 Å². The van der Waals surface area contributed by atoms with Gasteiger partial charge in [-0.3, -0.25) is 4.79 Å². The second-order valence-corrected chi connectivity index (χ2v) is 7.55. The van der Waals surface area contributed by atoms with Crippen molar-refractivity contribution in [1.82, 2.24) is 20.6 Å². The molecular weight excluding hydrogens is 404 g/mol. The summed E-state index contributed by atoms with van der Waals surface area (Å²) in [6.45, 7) is 2.25. The first-order chi connectivity index (χ1) is 15.6. The van der Waals surface area contributed by atoms with E-state index < -0.39 is 0 Å². The number of nitrogens with one attached hydrogen (secondary N) is 3. The first-order valence-electron chi connectivity index (χ1n) is 10.6. The number of carbonyl (C=O) groups is 1. The molecular formula is C24H26N6O2. The van der Waals surface area contributed by atoms with Gasteiger partial charge in [-0.25, -0.2) is 9.97 Å². The molecule has 0 atom stereocenters. The van der Waals surface area contributed by atoms with Crippen LogP contribution in [0.3, 0.4) is 0 Å². The average Bonchev–Trinajstić information content (AvgIpc) is 3.36. The number of hydrogen-bond donors (Lipinski definition) is 3. The van der Waals surface area contributed by atoms with Crippen LogP contribution in [0.1, 0.15) is 28.9 Å².